The zero-order valence-corrected chi connectivity index (χ0v) is 6.01. The van der Waals surface area contributed by atoms with Crippen molar-refractivity contribution in [3.05, 3.63) is 12.2 Å². The first kappa shape index (κ1) is 5.52. The molecular weight excluding hydrogens is 108 g/mol. The van der Waals surface area contributed by atoms with Gasteiger partial charge in [-0.2, -0.15) is 0 Å². The zero-order chi connectivity index (χ0) is 6.27. The van der Waals surface area contributed by atoms with Gasteiger partial charge in [-0.25, -0.2) is 0 Å². The molecule has 0 aromatic carbocycles. The summed E-state index contributed by atoms with van der Waals surface area (Å²) in [5.74, 6) is 2.98. The lowest BCUT2D eigenvalue weighted by molar-refractivity contribution is 0.428. The summed E-state index contributed by atoms with van der Waals surface area (Å²) in [6.45, 7) is 2.39. The van der Waals surface area contributed by atoms with E-state index in [2.05, 4.69) is 19.1 Å². The van der Waals surface area contributed by atoms with Crippen molar-refractivity contribution in [3.63, 3.8) is 0 Å². The highest BCUT2D eigenvalue weighted by Gasteiger charge is 2.32. The Hall–Kier alpha value is -0.260. The molecule has 50 valence electrons. The van der Waals surface area contributed by atoms with E-state index in [0.717, 1.165) is 17.8 Å². The third-order valence-electron chi connectivity index (χ3n) is 2.99. The molecule has 0 amide bonds. The predicted octanol–water partition coefficient (Wildman–Crippen LogP) is 2.61. The van der Waals surface area contributed by atoms with Crippen molar-refractivity contribution in [1.29, 1.82) is 0 Å². The van der Waals surface area contributed by atoms with Crippen LogP contribution in [0.4, 0.5) is 0 Å². The molecule has 0 saturated heterocycles. The first-order chi connectivity index (χ1) is 4.38. The van der Waals surface area contributed by atoms with Crippen LogP contribution in [0.5, 0.6) is 0 Å². The van der Waals surface area contributed by atoms with E-state index in [4.69, 9.17) is 0 Å². The fourth-order valence-electron chi connectivity index (χ4n) is 2.36. The third-order valence-corrected chi connectivity index (χ3v) is 2.99. The minimum atomic E-state index is 0.963. The molecule has 1 fully saturated rings. The maximum Gasteiger partial charge on any atom is -0.0176 e. The Bertz CT molecular complexity index is 135. The molecule has 1 saturated carbocycles. The number of hydrogen-bond acceptors (Lipinski definition) is 0. The molecule has 2 aliphatic rings. The van der Waals surface area contributed by atoms with E-state index in [1.807, 2.05) is 0 Å². The highest BCUT2D eigenvalue weighted by Crippen LogP contribution is 2.43. The molecule has 0 aromatic rings. The molecule has 0 radical (unpaired) electrons. The van der Waals surface area contributed by atoms with E-state index < -0.39 is 0 Å². The van der Waals surface area contributed by atoms with Gasteiger partial charge in [0.05, 0.1) is 0 Å². The van der Waals surface area contributed by atoms with Gasteiger partial charge in [0.25, 0.3) is 0 Å². The van der Waals surface area contributed by atoms with Crippen molar-refractivity contribution in [2.45, 2.75) is 26.2 Å². The van der Waals surface area contributed by atoms with Gasteiger partial charge in [-0.3, -0.25) is 0 Å². The highest BCUT2D eigenvalue weighted by molar-refractivity contribution is 5.05. The summed E-state index contributed by atoms with van der Waals surface area (Å²) < 4.78 is 0. The Morgan fingerprint density at radius 2 is 2.22 bits per heavy atom. The van der Waals surface area contributed by atoms with Crippen LogP contribution in [-0.2, 0) is 0 Å². The normalized spacial score (nSPS) is 47.9. The van der Waals surface area contributed by atoms with Crippen molar-refractivity contribution < 1.29 is 0 Å². The molecule has 0 heterocycles. The van der Waals surface area contributed by atoms with Gasteiger partial charge in [0, 0.05) is 0 Å². The van der Waals surface area contributed by atoms with Gasteiger partial charge >= 0.3 is 0 Å². The average molecular weight is 122 g/mol. The molecule has 2 rings (SSSR count). The molecular formula is C9H14. The van der Waals surface area contributed by atoms with Gasteiger partial charge in [-0.1, -0.05) is 19.1 Å². The quantitative estimate of drug-likeness (QED) is 0.433. The third kappa shape index (κ3) is 0.726. The van der Waals surface area contributed by atoms with Crippen molar-refractivity contribution in [2.75, 3.05) is 0 Å². The molecule has 0 heteroatoms. The van der Waals surface area contributed by atoms with Gasteiger partial charge in [0.1, 0.15) is 0 Å². The summed E-state index contributed by atoms with van der Waals surface area (Å²) in [6.07, 6.45) is 9.13. The molecule has 0 aliphatic heterocycles. The van der Waals surface area contributed by atoms with Gasteiger partial charge in [-0.15, -0.1) is 0 Å². The topological polar surface area (TPSA) is 0 Å². The minimum Gasteiger partial charge on any atom is -0.0879 e. The lowest BCUT2D eigenvalue weighted by atomic mass is 9.94. The lowest BCUT2D eigenvalue weighted by Gasteiger charge is -2.10. The Kier molecular flexibility index (Phi) is 1.14. The average Bonchev–Trinajstić information content (AvgIpc) is 2.35. The second-order valence-corrected chi connectivity index (χ2v) is 3.56. The monoisotopic (exact) mass is 122 g/mol. The fourth-order valence-corrected chi connectivity index (χ4v) is 2.36. The Labute approximate surface area is 57.0 Å². The van der Waals surface area contributed by atoms with Crippen LogP contribution in [-0.4, -0.2) is 0 Å². The van der Waals surface area contributed by atoms with Crippen LogP contribution in [0.25, 0.3) is 0 Å². The van der Waals surface area contributed by atoms with E-state index in [1.54, 1.807) is 0 Å². The first-order valence-electron chi connectivity index (χ1n) is 4.04. The van der Waals surface area contributed by atoms with E-state index in [1.165, 1.54) is 19.3 Å². The molecule has 0 aromatic heterocycles. The van der Waals surface area contributed by atoms with Crippen LogP contribution >= 0.6 is 0 Å². The highest BCUT2D eigenvalue weighted by atomic mass is 14.4. The summed E-state index contributed by atoms with van der Waals surface area (Å²) in [5, 5.41) is 0. The Balaban J connectivity index is 2.15. The summed E-state index contributed by atoms with van der Waals surface area (Å²) in [6, 6.07) is 0. The minimum absolute atomic E-state index is 0.963. The van der Waals surface area contributed by atoms with Crippen molar-refractivity contribution in [3.8, 4) is 0 Å². The van der Waals surface area contributed by atoms with Crippen LogP contribution in [0.15, 0.2) is 12.2 Å². The molecule has 0 N–H and O–H groups in total. The van der Waals surface area contributed by atoms with Crippen LogP contribution in [0.1, 0.15) is 26.2 Å². The maximum absolute atomic E-state index is 2.43. The van der Waals surface area contributed by atoms with Crippen LogP contribution in [0.3, 0.4) is 0 Å². The van der Waals surface area contributed by atoms with Crippen LogP contribution in [0, 0.1) is 17.8 Å². The fraction of sp³-hybridized carbons (Fsp3) is 0.778. The molecule has 0 spiro atoms. The molecule has 9 heavy (non-hydrogen) atoms. The van der Waals surface area contributed by atoms with Gasteiger partial charge < -0.3 is 0 Å². The van der Waals surface area contributed by atoms with Crippen LogP contribution in [0.2, 0.25) is 0 Å². The summed E-state index contributed by atoms with van der Waals surface area (Å²) in [4.78, 5) is 0. The molecule has 0 bridgehead atoms. The summed E-state index contributed by atoms with van der Waals surface area (Å²) >= 11 is 0. The van der Waals surface area contributed by atoms with E-state index in [9.17, 15) is 0 Å². The number of rotatable bonds is 0. The smallest absolute Gasteiger partial charge is 0.0176 e. The Morgan fingerprint density at radius 3 is 3.00 bits per heavy atom. The van der Waals surface area contributed by atoms with Crippen molar-refractivity contribution in [1.82, 2.24) is 0 Å². The second-order valence-electron chi connectivity index (χ2n) is 3.56. The molecule has 0 nitrogen and oxygen atoms in total. The predicted molar refractivity (Wildman–Crippen MR) is 39.1 cm³/mol. The number of allylic oxidation sites excluding steroid dienone is 2. The molecule has 3 atom stereocenters. The van der Waals surface area contributed by atoms with Gasteiger partial charge in [-0.05, 0) is 37.0 Å². The SMILES string of the molecule is C[C@@H]1CCC2CC=CC21. The maximum atomic E-state index is 2.43. The Morgan fingerprint density at radius 1 is 1.33 bits per heavy atom. The van der Waals surface area contributed by atoms with Crippen LogP contribution < -0.4 is 0 Å². The van der Waals surface area contributed by atoms with E-state index >= 15 is 0 Å². The number of hydrogen-bond donors (Lipinski definition) is 0. The number of fused-ring (bicyclic) bond motifs is 1. The standard InChI is InChI=1S/C9H14/c1-7-5-6-8-3-2-4-9(7)8/h2,4,7-9H,3,5-6H2,1H3/t7-,8?,9?/m1/s1. The lowest BCUT2D eigenvalue weighted by Crippen LogP contribution is -2.04. The van der Waals surface area contributed by atoms with E-state index in [0.29, 0.717) is 0 Å². The van der Waals surface area contributed by atoms with Gasteiger partial charge in [0.2, 0.25) is 0 Å². The molecule has 2 aliphatic carbocycles. The van der Waals surface area contributed by atoms with Gasteiger partial charge in [0.15, 0.2) is 0 Å². The summed E-state index contributed by atoms with van der Waals surface area (Å²) in [7, 11) is 0. The second kappa shape index (κ2) is 1.86. The molecule has 2 unspecified atom stereocenters. The first-order valence-corrected chi connectivity index (χ1v) is 4.04. The van der Waals surface area contributed by atoms with Crippen molar-refractivity contribution >= 4 is 0 Å². The summed E-state index contributed by atoms with van der Waals surface area (Å²) in [5.41, 5.74) is 0. The largest absolute Gasteiger partial charge is 0.0879 e. The van der Waals surface area contributed by atoms with Crippen molar-refractivity contribution in [2.24, 2.45) is 17.8 Å². The van der Waals surface area contributed by atoms with E-state index in [-0.39, 0.29) is 0 Å². The zero-order valence-electron chi connectivity index (χ0n) is 6.01.